The molecule has 0 bridgehead atoms. The summed E-state index contributed by atoms with van der Waals surface area (Å²) >= 11 is 2.99. The molecule has 0 aromatic heterocycles. The number of esters is 3. The predicted octanol–water partition coefficient (Wildman–Crippen LogP) is 0.548. The van der Waals surface area contributed by atoms with Crippen molar-refractivity contribution in [3.8, 4) is 0 Å². The summed E-state index contributed by atoms with van der Waals surface area (Å²) in [5.74, 6) is -0.664. The average Bonchev–Trinajstić information content (AvgIpc) is 2.94. The van der Waals surface area contributed by atoms with Crippen molar-refractivity contribution in [3.63, 3.8) is 0 Å². The lowest BCUT2D eigenvalue weighted by Gasteiger charge is -2.29. The molecule has 49 heavy (non-hydrogen) atoms. The fraction of sp³-hybridized carbons (Fsp3) is 0.912. The van der Waals surface area contributed by atoms with Gasteiger partial charge in [0.1, 0.15) is 22.1 Å². The molecule has 2 rings (SSSR count). The highest BCUT2D eigenvalue weighted by Gasteiger charge is 2.22. The Morgan fingerprint density at radius 3 is 0.918 bits per heavy atom. The van der Waals surface area contributed by atoms with Crippen molar-refractivity contribution in [1.29, 1.82) is 0 Å². The first kappa shape index (κ1) is 47.6. The number of carbonyl (C=O) groups is 3. The first-order chi connectivity index (χ1) is 22.9. The van der Waals surface area contributed by atoms with Crippen molar-refractivity contribution in [2.24, 2.45) is 0 Å². The van der Waals surface area contributed by atoms with Gasteiger partial charge in [0.25, 0.3) is 0 Å². The van der Waals surface area contributed by atoms with Crippen molar-refractivity contribution in [2.75, 3.05) is 123 Å². The van der Waals surface area contributed by atoms with E-state index in [2.05, 4.69) is 57.6 Å². The molecule has 0 spiro atoms. The van der Waals surface area contributed by atoms with Crippen molar-refractivity contribution in [1.82, 2.24) is 41.7 Å². The molecule has 290 valence electrons. The van der Waals surface area contributed by atoms with Crippen LogP contribution in [-0.2, 0) is 28.6 Å². The standard InChI is InChI=1S/C20H40N4O4.C8H20N4.C6H11BrO2/c1-19(2,3)27-17(25)15-23-11-9-21-7-8-22-10-12-24(14-13-23)16-18(26)28-20(4,5)6;1-2-10-5-6-12-8-7-11-4-3-9-1;1-6(2,3)9-5(8)4-7/h21-22H,7-16H2,1-6H3;9-12H,1-8H2;4H2,1-3H3. The number of nitrogens with one attached hydrogen (secondary N) is 6. The first-order valence-electron chi connectivity index (χ1n) is 17.8. The van der Waals surface area contributed by atoms with Gasteiger partial charge in [-0.05, 0) is 62.3 Å². The van der Waals surface area contributed by atoms with Gasteiger partial charge in [0, 0.05) is 105 Å². The number of rotatable bonds is 5. The van der Waals surface area contributed by atoms with Crippen molar-refractivity contribution in [3.05, 3.63) is 0 Å². The Kier molecular flexibility index (Phi) is 26.5. The Hall–Kier alpha value is -1.43. The van der Waals surface area contributed by atoms with Crippen LogP contribution in [0.5, 0.6) is 0 Å². The minimum atomic E-state index is -0.490. The van der Waals surface area contributed by atoms with Gasteiger partial charge >= 0.3 is 17.9 Å². The van der Waals surface area contributed by atoms with Crippen molar-refractivity contribution in [2.45, 2.75) is 79.1 Å². The zero-order chi connectivity index (χ0) is 37.2. The summed E-state index contributed by atoms with van der Waals surface area (Å²) < 4.78 is 15.8. The van der Waals surface area contributed by atoms with Gasteiger partial charge in [-0.1, -0.05) is 15.9 Å². The quantitative estimate of drug-likeness (QED) is 0.131. The normalized spacial score (nSPS) is 19.0. The number of carbonyl (C=O) groups excluding carboxylic acids is 3. The third-order valence-electron chi connectivity index (χ3n) is 6.41. The van der Waals surface area contributed by atoms with E-state index >= 15 is 0 Å². The van der Waals surface area contributed by atoms with Gasteiger partial charge in [0.2, 0.25) is 0 Å². The van der Waals surface area contributed by atoms with Gasteiger partial charge in [-0.15, -0.1) is 0 Å². The summed E-state index contributed by atoms with van der Waals surface area (Å²) in [6.07, 6.45) is 0. The monoisotopic (exact) mass is 766 g/mol. The fourth-order valence-corrected chi connectivity index (χ4v) is 4.53. The third-order valence-corrected chi connectivity index (χ3v) is 6.87. The van der Waals surface area contributed by atoms with Crippen LogP contribution < -0.4 is 31.9 Å². The second-order valence-corrected chi connectivity index (χ2v) is 15.5. The SMILES string of the molecule is C1CNCCNCCNCCN1.CC(C)(C)OC(=O)CBr.CC(C)(C)OC(=O)CN1CCNCCNCCN(CC(=O)OC(C)(C)C)CC1. The maximum Gasteiger partial charge on any atom is 0.320 e. The number of hydrogen-bond donors (Lipinski definition) is 6. The molecule has 0 saturated carbocycles. The predicted molar refractivity (Wildman–Crippen MR) is 201 cm³/mol. The number of hydrogen-bond acceptors (Lipinski definition) is 14. The van der Waals surface area contributed by atoms with E-state index in [1.807, 2.05) is 62.3 Å². The summed E-state index contributed by atoms with van der Waals surface area (Å²) in [6, 6.07) is 0. The molecule has 2 aliphatic heterocycles. The van der Waals surface area contributed by atoms with Crippen LogP contribution in [-0.4, -0.2) is 168 Å². The second kappa shape index (κ2) is 27.3. The van der Waals surface area contributed by atoms with Gasteiger partial charge < -0.3 is 46.1 Å². The van der Waals surface area contributed by atoms with E-state index < -0.39 is 11.2 Å². The Balaban J connectivity index is 0.000000892. The molecule has 15 heteroatoms. The van der Waals surface area contributed by atoms with E-state index in [-0.39, 0.29) is 41.9 Å². The van der Waals surface area contributed by atoms with Crippen molar-refractivity contribution < 1.29 is 28.6 Å². The first-order valence-corrected chi connectivity index (χ1v) is 18.9. The van der Waals surface area contributed by atoms with Crippen LogP contribution >= 0.6 is 15.9 Å². The molecule has 0 aromatic rings. The molecule has 14 nitrogen and oxygen atoms in total. The highest BCUT2D eigenvalue weighted by Crippen LogP contribution is 2.09. The van der Waals surface area contributed by atoms with E-state index in [0.717, 1.165) is 91.6 Å². The molecular formula is C34H71BrN8O6. The van der Waals surface area contributed by atoms with E-state index in [0.29, 0.717) is 13.1 Å². The van der Waals surface area contributed by atoms with Crippen LogP contribution in [0.25, 0.3) is 0 Å². The van der Waals surface area contributed by atoms with Crippen molar-refractivity contribution >= 4 is 33.8 Å². The minimum Gasteiger partial charge on any atom is -0.459 e. The number of nitrogens with zero attached hydrogens (tertiary/aromatic N) is 2. The lowest BCUT2D eigenvalue weighted by Crippen LogP contribution is -2.47. The van der Waals surface area contributed by atoms with Gasteiger partial charge in [0.15, 0.2) is 0 Å². The summed E-state index contributed by atoms with van der Waals surface area (Å²) in [7, 11) is 0. The van der Waals surface area contributed by atoms with Crippen LogP contribution in [0.15, 0.2) is 0 Å². The molecule has 2 aliphatic rings. The lowest BCUT2D eigenvalue weighted by atomic mass is 10.2. The Morgan fingerprint density at radius 1 is 0.449 bits per heavy atom. The number of halogens is 1. The molecule has 0 unspecified atom stereocenters. The molecule has 0 atom stereocenters. The number of ether oxygens (including phenoxy) is 3. The molecule has 0 amide bonds. The summed E-state index contributed by atoms with van der Waals surface area (Å²) in [4.78, 5) is 39.2. The van der Waals surface area contributed by atoms with E-state index in [9.17, 15) is 14.4 Å². The summed E-state index contributed by atoms with van der Waals surface area (Å²) in [6.45, 7) is 32.0. The third kappa shape index (κ3) is 34.8. The van der Waals surface area contributed by atoms with Gasteiger partial charge in [-0.2, -0.15) is 0 Å². The molecule has 0 radical (unpaired) electrons. The Bertz CT molecular complexity index is 793. The van der Waals surface area contributed by atoms with Gasteiger partial charge in [0.05, 0.1) is 13.1 Å². The lowest BCUT2D eigenvalue weighted by molar-refractivity contribution is -0.158. The maximum absolute atomic E-state index is 12.2. The highest BCUT2D eigenvalue weighted by atomic mass is 79.9. The van der Waals surface area contributed by atoms with Crippen LogP contribution in [0.4, 0.5) is 0 Å². The number of alkyl halides is 1. The minimum absolute atomic E-state index is 0.220. The highest BCUT2D eigenvalue weighted by molar-refractivity contribution is 9.09. The molecule has 2 saturated heterocycles. The van der Waals surface area contributed by atoms with Gasteiger partial charge in [-0.3, -0.25) is 24.2 Å². The zero-order valence-electron chi connectivity index (χ0n) is 32.2. The molecule has 0 aromatic carbocycles. The summed E-state index contributed by atoms with van der Waals surface area (Å²) in [5, 5.41) is 20.5. The zero-order valence-corrected chi connectivity index (χ0v) is 33.7. The van der Waals surface area contributed by atoms with Gasteiger partial charge in [-0.25, -0.2) is 0 Å². The van der Waals surface area contributed by atoms with Crippen LogP contribution in [0.3, 0.4) is 0 Å². The maximum atomic E-state index is 12.2. The van der Waals surface area contributed by atoms with E-state index in [4.69, 9.17) is 14.2 Å². The van der Waals surface area contributed by atoms with Crippen LogP contribution in [0.1, 0.15) is 62.3 Å². The Labute approximate surface area is 305 Å². The fourth-order valence-electron chi connectivity index (χ4n) is 4.41. The largest absolute Gasteiger partial charge is 0.459 e. The molecular weight excluding hydrogens is 696 g/mol. The summed E-state index contributed by atoms with van der Waals surface area (Å²) in [5.41, 5.74) is -1.34. The smallest absolute Gasteiger partial charge is 0.320 e. The average molecular weight is 768 g/mol. The topological polar surface area (TPSA) is 158 Å². The second-order valence-electron chi connectivity index (χ2n) is 14.9. The van der Waals surface area contributed by atoms with E-state index in [1.54, 1.807) is 0 Å². The molecule has 6 N–H and O–H groups in total. The van der Waals surface area contributed by atoms with E-state index in [1.165, 1.54) is 0 Å². The van der Waals surface area contributed by atoms with Crippen LogP contribution in [0.2, 0.25) is 0 Å². The molecule has 0 aliphatic carbocycles. The van der Waals surface area contributed by atoms with Crippen LogP contribution in [0, 0.1) is 0 Å². The molecule has 2 heterocycles. The Morgan fingerprint density at radius 2 is 0.694 bits per heavy atom. The molecule has 2 fully saturated rings.